The zero-order valence-electron chi connectivity index (χ0n) is 31.4. The maximum atomic E-state index is 13.6. The molecule has 0 saturated heterocycles. The number of esters is 1. The highest BCUT2D eigenvalue weighted by Crippen LogP contribution is 2.35. The zero-order valence-corrected chi connectivity index (χ0v) is 32.2. The van der Waals surface area contributed by atoms with E-state index in [1.165, 1.54) is 49.9 Å². The molecule has 10 nitrogen and oxygen atoms in total. The van der Waals surface area contributed by atoms with E-state index in [1.807, 2.05) is 68.3 Å². The van der Waals surface area contributed by atoms with Crippen molar-refractivity contribution >= 4 is 44.4 Å². The van der Waals surface area contributed by atoms with E-state index in [0.29, 0.717) is 47.5 Å². The van der Waals surface area contributed by atoms with E-state index < -0.39 is 5.97 Å². The van der Waals surface area contributed by atoms with Gasteiger partial charge in [0.15, 0.2) is 10.8 Å². The molecule has 1 amide bonds. The molecule has 4 heterocycles. The molecule has 284 valence electrons. The van der Waals surface area contributed by atoms with Crippen LogP contribution in [0.25, 0.3) is 21.3 Å². The van der Waals surface area contributed by atoms with E-state index in [1.54, 1.807) is 19.1 Å². The Labute approximate surface area is 318 Å². The van der Waals surface area contributed by atoms with Gasteiger partial charge in [-0.2, -0.15) is 5.10 Å². The molecule has 0 bridgehead atoms. The molecule has 2 N–H and O–H groups in total. The molecule has 0 unspecified atom stereocenters. The number of fused-ring (bicyclic) bond motifs is 2. The smallest absolute Gasteiger partial charge is 0.357 e. The van der Waals surface area contributed by atoms with Crippen molar-refractivity contribution in [3.63, 3.8) is 0 Å². The number of carbonyl (C=O) groups excluding carboxylic acids is 2. The Morgan fingerprint density at radius 3 is 2.42 bits per heavy atom. The summed E-state index contributed by atoms with van der Waals surface area (Å²) in [5.41, 5.74) is 5.54. The average molecular weight is 741 g/mol. The Kier molecular flexibility index (Phi) is 15.0. The molecular weight excluding hydrogens is 685 g/mol. The molecule has 11 heteroatoms. The van der Waals surface area contributed by atoms with Crippen molar-refractivity contribution in [1.82, 2.24) is 19.7 Å². The maximum Gasteiger partial charge on any atom is 0.357 e. The standard InChI is InChI=1S/C36H38N6O4S.C3H8.C2H6.CH4/c1-3-46-35(45)33-25(27-19-37-42(22(27)2)20-23-9-5-4-6-10-23)14-16-32(39-33)41-18-17-24-28(21-41)26(13-15-30(24)43)34(44)40-36-38-29-11-7-8-12-31(29)47-36;1-3-2;1-2;/h7-8,11-16,19,23,43H,3-6,9-10,17-18,20-21H2,1-2H3,(H,38,40,44);3H2,1-2H3;1-2H3;1H4. The van der Waals surface area contributed by atoms with Crippen LogP contribution in [0.4, 0.5) is 10.9 Å². The number of phenols is 1. The summed E-state index contributed by atoms with van der Waals surface area (Å²) in [6, 6.07) is 14.8. The lowest BCUT2D eigenvalue weighted by Crippen LogP contribution is -2.33. The molecule has 3 aromatic heterocycles. The molecule has 7 rings (SSSR count). The lowest BCUT2D eigenvalue weighted by molar-refractivity contribution is 0.0520. The minimum atomic E-state index is -0.491. The van der Waals surface area contributed by atoms with Crippen LogP contribution in [0.5, 0.6) is 5.75 Å². The summed E-state index contributed by atoms with van der Waals surface area (Å²) in [7, 11) is 0. The SMILES string of the molecule is C.CC.CCC.CCOC(=O)c1nc(N2CCc3c(O)ccc(C(=O)Nc4nc5ccccc5s4)c3C2)ccc1-c1cnn(CC2CCCCC2)c1C. The Balaban J connectivity index is 0.000000996. The quantitative estimate of drug-likeness (QED) is 0.151. The molecular formula is C42H56N6O4S. The maximum absolute atomic E-state index is 13.6. The number of carbonyl (C=O) groups is 2. The number of rotatable bonds is 8. The highest BCUT2D eigenvalue weighted by Gasteiger charge is 2.28. The van der Waals surface area contributed by atoms with Gasteiger partial charge < -0.3 is 14.7 Å². The molecule has 1 saturated carbocycles. The van der Waals surface area contributed by atoms with E-state index in [0.717, 1.165) is 39.1 Å². The summed E-state index contributed by atoms with van der Waals surface area (Å²) in [6.07, 6.45) is 9.88. The Morgan fingerprint density at radius 2 is 1.70 bits per heavy atom. The molecule has 1 fully saturated rings. The number of benzene rings is 2. The molecule has 53 heavy (non-hydrogen) atoms. The first-order valence-electron chi connectivity index (χ1n) is 18.8. The summed E-state index contributed by atoms with van der Waals surface area (Å²) in [5, 5.41) is 18.9. The first-order chi connectivity index (χ1) is 25.3. The number of hydrogen-bond donors (Lipinski definition) is 2. The van der Waals surface area contributed by atoms with Gasteiger partial charge >= 0.3 is 5.97 Å². The molecule has 2 aliphatic rings. The van der Waals surface area contributed by atoms with Crippen molar-refractivity contribution in [2.24, 2.45) is 5.92 Å². The molecule has 2 aromatic carbocycles. The monoisotopic (exact) mass is 740 g/mol. The Morgan fingerprint density at radius 1 is 0.962 bits per heavy atom. The lowest BCUT2D eigenvalue weighted by Gasteiger charge is -2.31. The minimum absolute atomic E-state index is 0. The van der Waals surface area contributed by atoms with Gasteiger partial charge in [-0.3, -0.25) is 14.8 Å². The number of thiazole rings is 1. The lowest BCUT2D eigenvalue weighted by atomic mass is 9.89. The second-order valence-electron chi connectivity index (χ2n) is 13.0. The molecule has 0 atom stereocenters. The second-order valence-corrected chi connectivity index (χ2v) is 14.1. The van der Waals surface area contributed by atoms with Crippen LogP contribution in [-0.4, -0.2) is 49.9 Å². The van der Waals surface area contributed by atoms with Gasteiger partial charge in [0.1, 0.15) is 11.6 Å². The molecule has 0 spiro atoms. The Hall–Kier alpha value is -4.77. The van der Waals surface area contributed by atoms with Crippen molar-refractivity contribution in [2.75, 3.05) is 23.4 Å². The van der Waals surface area contributed by atoms with Crippen molar-refractivity contribution in [2.45, 2.75) is 107 Å². The summed E-state index contributed by atoms with van der Waals surface area (Å²) >= 11 is 1.41. The molecule has 0 radical (unpaired) electrons. The number of pyridine rings is 1. The third-order valence-corrected chi connectivity index (χ3v) is 10.3. The zero-order chi connectivity index (χ0) is 37.2. The van der Waals surface area contributed by atoms with Crippen LogP contribution in [0.1, 0.15) is 118 Å². The minimum Gasteiger partial charge on any atom is -0.508 e. The van der Waals surface area contributed by atoms with E-state index in [2.05, 4.69) is 28.8 Å². The third-order valence-electron chi connectivity index (χ3n) is 9.37. The number of phenolic OH excluding ortho intramolecular Hbond substituents is 1. The van der Waals surface area contributed by atoms with Gasteiger partial charge in [0.25, 0.3) is 5.91 Å². The van der Waals surface area contributed by atoms with Gasteiger partial charge in [-0.1, -0.05) is 84.3 Å². The number of aromatic hydroxyl groups is 1. The van der Waals surface area contributed by atoms with Gasteiger partial charge in [-0.25, -0.2) is 14.8 Å². The number of ether oxygens (including phenoxy) is 1. The normalized spacial score (nSPS) is 13.8. The van der Waals surface area contributed by atoms with E-state index in [-0.39, 0.29) is 31.4 Å². The van der Waals surface area contributed by atoms with Crippen LogP contribution in [0.3, 0.4) is 0 Å². The third kappa shape index (κ3) is 9.43. The van der Waals surface area contributed by atoms with Crippen molar-refractivity contribution in [1.29, 1.82) is 0 Å². The summed E-state index contributed by atoms with van der Waals surface area (Å²) < 4.78 is 8.51. The van der Waals surface area contributed by atoms with Gasteiger partial charge in [0.2, 0.25) is 0 Å². The molecule has 5 aromatic rings. The van der Waals surface area contributed by atoms with Crippen LogP contribution in [-0.2, 0) is 24.2 Å². The predicted octanol–water partition coefficient (Wildman–Crippen LogP) is 10.2. The largest absolute Gasteiger partial charge is 0.508 e. The summed E-state index contributed by atoms with van der Waals surface area (Å²) in [5.74, 6) is 0.589. The average Bonchev–Trinajstić information content (AvgIpc) is 3.75. The first kappa shape index (κ1) is 41.0. The van der Waals surface area contributed by atoms with E-state index in [9.17, 15) is 14.7 Å². The van der Waals surface area contributed by atoms with Crippen molar-refractivity contribution in [3.05, 3.63) is 82.8 Å². The highest BCUT2D eigenvalue weighted by atomic mass is 32.1. The molecule has 1 aliphatic heterocycles. The number of aromatic nitrogens is 4. The number of nitrogens with one attached hydrogen (secondary N) is 1. The number of nitrogens with zero attached hydrogens (tertiary/aromatic N) is 5. The fourth-order valence-corrected chi connectivity index (χ4v) is 7.72. The number of hydrogen-bond acceptors (Lipinski definition) is 9. The fourth-order valence-electron chi connectivity index (χ4n) is 6.86. The highest BCUT2D eigenvalue weighted by molar-refractivity contribution is 7.22. The van der Waals surface area contributed by atoms with Gasteiger partial charge in [0.05, 0.1) is 23.0 Å². The van der Waals surface area contributed by atoms with Gasteiger partial charge in [-0.15, -0.1) is 0 Å². The summed E-state index contributed by atoms with van der Waals surface area (Å²) in [6.45, 7) is 14.1. The number of anilines is 2. The topological polar surface area (TPSA) is 122 Å². The molecule has 1 aliphatic carbocycles. The first-order valence-corrected chi connectivity index (χ1v) is 19.6. The fraction of sp³-hybridized carbons (Fsp3) is 0.452. The Bertz CT molecular complexity index is 1950. The van der Waals surface area contributed by atoms with Crippen LogP contribution in [0, 0.1) is 12.8 Å². The van der Waals surface area contributed by atoms with Gasteiger partial charge in [-0.05, 0) is 81.0 Å². The van der Waals surface area contributed by atoms with Crippen LogP contribution in [0.15, 0.2) is 54.7 Å². The predicted molar refractivity (Wildman–Crippen MR) is 217 cm³/mol. The van der Waals surface area contributed by atoms with Crippen LogP contribution in [0.2, 0.25) is 0 Å². The van der Waals surface area contributed by atoms with E-state index >= 15 is 0 Å². The van der Waals surface area contributed by atoms with Crippen molar-refractivity contribution in [3.8, 4) is 16.9 Å². The van der Waals surface area contributed by atoms with Crippen LogP contribution < -0.4 is 10.2 Å². The van der Waals surface area contributed by atoms with E-state index in [4.69, 9.17) is 14.8 Å². The van der Waals surface area contributed by atoms with Crippen LogP contribution >= 0.6 is 11.3 Å². The second kappa shape index (κ2) is 19.3. The summed E-state index contributed by atoms with van der Waals surface area (Å²) in [4.78, 5) is 38.3. The number of amides is 1. The van der Waals surface area contributed by atoms with Gasteiger partial charge in [0, 0.05) is 47.6 Å². The number of para-hydroxylation sites is 1. The van der Waals surface area contributed by atoms with Crippen molar-refractivity contribution < 1.29 is 19.4 Å².